The van der Waals surface area contributed by atoms with Crippen LogP contribution in [0.2, 0.25) is 0 Å². The summed E-state index contributed by atoms with van der Waals surface area (Å²) >= 11 is 0. The average Bonchev–Trinajstić information content (AvgIpc) is 3.35. The van der Waals surface area contributed by atoms with Gasteiger partial charge in [0, 0.05) is 37.4 Å². The Hall–Kier alpha value is -3.21. The van der Waals surface area contributed by atoms with Gasteiger partial charge in [-0.1, -0.05) is 0 Å². The van der Waals surface area contributed by atoms with Crippen molar-refractivity contribution in [1.29, 1.82) is 0 Å². The molecule has 2 saturated heterocycles. The number of nitrogens with zero attached hydrogens (tertiary/aromatic N) is 4. The van der Waals surface area contributed by atoms with Crippen molar-refractivity contribution in [3.8, 4) is 11.6 Å². The molecule has 4 heterocycles. The molecule has 3 aliphatic rings. The van der Waals surface area contributed by atoms with Crippen molar-refractivity contribution < 1.29 is 27.1 Å². The number of aromatic nitrogens is 3. The van der Waals surface area contributed by atoms with Gasteiger partial charge in [0.1, 0.15) is 24.4 Å². The van der Waals surface area contributed by atoms with Crippen LogP contribution in [0.25, 0.3) is 16.7 Å². The SMILES string of the molecule is CS(=O)(=O)c1ccc(-n2ccc3c(OC4CC5CCC(C4)N5C(=O)OC4CCC4)ncnc32)c(F)c1. The molecule has 2 bridgehead atoms. The first-order valence-corrected chi connectivity index (χ1v) is 14.1. The number of rotatable bonds is 5. The predicted octanol–water partition coefficient (Wildman–Crippen LogP) is 4.03. The molecule has 0 radical (unpaired) electrons. The van der Waals surface area contributed by atoms with Gasteiger partial charge in [-0.25, -0.2) is 27.6 Å². The van der Waals surface area contributed by atoms with E-state index >= 15 is 0 Å². The van der Waals surface area contributed by atoms with E-state index in [1.807, 2.05) is 4.90 Å². The molecule has 2 aliphatic heterocycles. The number of fused-ring (bicyclic) bond motifs is 3. The lowest BCUT2D eigenvalue weighted by molar-refractivity contribution is -0.00484. The van der Waals surface area contributed by atoms with Crippen LogP contribution in [0.3, 0.4) is 0 Å². The summed E-state index contributed by atoms with van der Waals surface area (Å²) in [5, 5.41) is 0.628. The smallest absolute Gasteiger partial charge is 0.410 e. The molecule has 1 aromatic carbocycles. The summed E-state index contributed by atoms with van der Waals surface area (Å²) in [4.78, 5) is 23.2. The lowest BCUT2D eigenvalue weighted by Gasteiger charge is -2.39. The minimum Gasteiger partial charge on any atom is -0.474 e. The summed E-state index contributed by atoms with van der Waals surface area (Å²) in [6, 6.07) is 5.74. The van der Waals surface area contributed by atoms with E-state index in [9.17, 15) is 17.6 Å². The number of carbonyl (C=O) groups is 1. The quantitative estimate of drug-likeness (QED) is 0.506. The Labute approximate surface area is 208 Å². The molecule has 1 amide bonds. The second-order valence-electron chi connectivity index (χ2n) is 9.93. The van der Waals surface area contributed by atoms with Gasteiger partial charge < -0.3 is 14.4 Å². The van der Waals surface area contributed by atoms with Crippen LogP contribution in [0.5, 0.6) is 5.88 Å². The maximum atomic E-state index is 14.8. The fourth-order valence-electron chi connectivity index (χ4n) is 5.50. The van der Waals surface area contributed by atoms with Gasteiger partial charge in [-0.2, -0.15) is 0 Å². The van der Waals surface area contributed by atoms with Crippen LogP contribution >= 0.6 is 0 Å². The van der Waals surface area contributed by atoms with E-state index in [4.69, 9.17) is 9.47 Å². The third kappa shape index (κ3) is 4.08. The fourth-order valence-corrected chi connectivity index (χ4v) is 6.13. The van der Waals surface area contributed by atoms with Crippen molar-refractivity contribution >= 4 is 27.0 Å². The molecular formula is C25H27FN4O5S. The summed E-state index contributed by atoms with van der Waals surface area (Å²) in [7, 11) is -3.52. The van der Waals surface area contributed by atoms with Gasteiger partial charge in [0.2, 0.25) is 5.88 Å². The second kappa shape index (κ2) is 8.72. The number of sulfone groups is 1. The molecule has 1 aliphatic carbocycles. The number of hydrogen-bond acceptors (Lipinski definition) is 7. The summed E-state index contributed by atoms with van der Waals surface area (Å²) in [6.45, 7) is 0. The lowest BCUT2D eigenvalue weighted by atomic mass is 9.96. The molecular weight excluding hydrogens is 487 g/mol. The van der Waals surface area contributed by atoms with Gasteiger partial charge in [0.05, 0.1) is 16.0 Å². The van der Waals surface area contributed by atoms with Gasteiger partial charge in [0.15, 0.2) is 15.5 Å². The van der Waals surface area contributed by atoms with E-state index in [1.165, 1.54) is 18.5 Å². The lowest BCUT2D eigenvalue weighted by Crippen LogP contribution is -2.50. The Morgan fingerprint density at radius 1 is 1.06 bits per heavy atom. The van der Waals surface area contributed by atoms with Crippen molar-refractivity contribution in [1.82, 2.24) is 19.4 Å². The molecule has 36 heavy (non-hydrogen) atoms. The summed E-state index contributed by atoms with van der Waals surface area (Å²) in [6.07, 6.45) is 10.1. The van der Waals surface area contributed by atoms with Gasteiger partial charge in [-0.15, -0.1) is 0 Å². The molecule has 3 aromatic rings. The van der Waals surface area contributed by atoms with Gasteiger partial charge >= 0.3 is 6.09 Å². The molecule has 9 nitrogen and oxygen atoms in total. The number of halogens is 1. The van der Waals surface area contributed by atoms with E-state index < -0.39 is 15.7 Å². The Morgan fingerprint density at radius 2 is 1.81 bits per heavy atom. The molecule has 3 fully saturated rings. The average molecular weight is 515 g/mol. The molecule has 2 atom stereocenters. The van der Waals surface area contributed by atoms with Gasteiger partial charge in [0.25, 0.3) is 0 Å². The van der Waals surface area contributed by atoms with Crippen LogP contribution < -0.4 is 4.74 Å². The first kappa shape index (κ1) is 23.2. The highest BCUT2D eigenvalue weighted by Crippen LogP contribution is 2.39. The zero-order valence-corrected chi connectivity index (χ0v) is 20.7. The molecule has 0 spiro atoms. The van der Waals surface area contributed by atoms with Crippen molar-refractivity contribution in [2.24, 2.45) is 0 Å². The van der Waals surface area contributed by atoms with Gasteiger partial charge in [-0.3, -0.25) is 4.57 Å². The number of amides is 1. The van der Waals surface area contributed by atoms with E-state index in [2.05, 4.69) is 9.97 Å². The van der Waals surface area contributed by atoms with Crippen LogP contribution in [0.1, 0.15) is 44.9 Å². The topological polar surface area (TPSA) is 104 Å². The number of benzene rings is 1. The van der Waals surface area contributed by atoms with E-state index in [1.54, 1.807) is 16.8 Å². The van der Waals surface area contributed by atoms with E-state index in [0.29, 0.717) is 29.8 Å². The molecule has 11 heteroatoms. The third-order valence-corrected chi connectivity index (χ3v) is 8.66. The highest BCUT2D eigenvalue weighted by molar-refractivity contribution is 7.90. The van der Waals surface area contributed by atoms with Crippen molar-refractivity contribution in [3.05, 3.63) is 42.6 Å². The standard InChI is InChI=1S/C25H27FN4O5S/c1-36(32,33)19-7-8-22(21(26)13-19)29-10-9-20-23(29)27-14-28-24(20)34-18-11-15-5-6-16(12-18)30(15)25(31)35-17-3-2-4-17/h7-10,13-18H,2-6,11-12H2,1H3. The Bertz CT molecular complexity index is 1420. The number of ether oxygens (including phenoxy) is 2. The Kier molecular flexibility index (Phi) is 5.62. The largest absolute Gasteiger partial charge is 0.474 e. The summed E-state index contributed by atoms with van der Waals surface area (Å²) in [5.74, 6) is -0.268. The molecule has 1 saturated carbocycles. The summed E-state index contributed by atoms with van der Waals surface area (Å²) < 4.78 is 51.9. The van der Waals surface area contributed by atoms with Crippen molar-refractivity contribution in [3.63, 3.8) is 0 Å². The van der Waals surface area contributed by atoms with Crippen LogP contribution in [0, 0.1) is 5.82 Å². The van der Waals surface area contributed by atoms with Crippen LogP contribution in [0.15, 0.2) is 41.7 Å². The molecule has 190 valence electrons. The van der Waals surface area contributed by atoms with Crippen LogP contribution in [-0.4, -0.2) is 64.5 Å². The van der Waals surface area contributed by atoms with Crippen molar-refractivity contribution in [2.45, 2.75) is 74.1 Å². The second-order valence-corrected chi connectivity index (χ2v) is 11.9. The highest BCUT2D eigenvalue weighted by atomic mass is 32.2. The molecule has 2 unspecified atom stereocenters. The normalized spacial score (nSPS) is 24.1. The Balaban J connectivity index is 1.21. The van der Waals surface area contributed by atoms with Crippen LogP contribution in [0.4, 0.5) is 9.18 Å². The van der Waals surface area contributed by atoms with Gasteiger partial charge in [-0.05, 0) is 56.4 Å². The minimum atomic E-state index is -3.52. The van der Waals surface area contributed by atoms with E-state index in [-0.39, 0.29) is 41.0 Å². The maximum absolute atomic E-state index is 14.8. The number of hydrogen-bond donors (Lipinski definition) is 0. The van der Waals surface area contributed by atoms with Crippen LogP contribution in [-0.2, 0) is 14.6 Å². The zero-order valence-electron chi connectivity index (χ0n) is 19.8. The van der Waals surface area contributed by atoms with Crippen molar-refractivity contribution in [2.75, 3.05) is 6.26 Å². The molecule has 2 aromatic heterocycles. The van der Waals surface area contributed by atoms with E-state index in [0.717, 1.165) is 44.4 Å². The molecule has 6 rings (SSSR count). The zero-order chi connectivity index (χ0) is 25.0. The maximum Gasteiger partial charge on any atom is 0.410 e. The third-order valence-electron chi connectivity index (χ3n) is 7.55. The highest BCUT2D eigenvalue weighted by Gasteiger charge is 2.45. The molecule has 0 N–H and O–H groups in total. The number of piperidine rings is 1. The summed E-state index contributed by atoms with van der Waals surface area (Å²) in [5.41, 5.74) is 0.633. The first-order valence-electron chi connectivity index (χ1n) is 12.3. The Morgan fingerprint density at radius 3 is 2.44 bits per heavy atom. The minimum absolute atomic E-state index is 0.0663. The fraction of sp³-hybridized carbons (Fsp3) is 0.480. The number of carbonyl (C=O) groups excluding carboxylic acids is 1. The monoisotopic (exact) mass is 514 g/mol. The predicted molar refractivity (Wildman–Crippen MR) is 128 cm³/mol. The first-order chi connectivity index (χ1) is 17.3.